The third-order valence-electron chi connectivity index (χ3n) is 6.75. The summed E-state index contributed by atoms with van der Waals surface area (Å²) in [5, 5.41) is 12.4. The Hall–Kier alpha value is -2.84. The molecule has 2 aromatic carbocycles. The van der Waals surface area contributed by atoms with E-state index in [9.17, 15) is 4.79 Å². The predicted octanol–water partition coefficient (Wildman–Crippen LogP) is 5.55. The van der Waals surface area contributed by atoms with Gasteiger partial charge in [0.1, 0.15) is 0 Å². The molecule has 3 heterocycles. The molecule has 1 aliphatic heterocycles. The lowest BCUT2D eigenvalue weighted by Gasteiger charge is -2.38. The van der Waals surface area contributed by atoms with Crippen LogP contribution in [-0.4, -0.2) is 64.8 Å². The van der Waals surface area contributed by atoms with Crippen LogP contribution in [0.25, 0.3) is 22.2 Å². The van der Waals surface area contributed by atoms with E-state index in [1.54, 1.807) is 0 Å². The van der Waals surface area contributed by atoms with Gasteiger partial charge in [-0.05, 0) is 23.3 Å². The second kappa shape index (κ2) is 13.3. The predicted molar refractivity (Wildman–Crippen MR) is 160 cm³/mol. The van der Waals surface area contributed by atoms with Crippen LogP contribution in [0, 0.1) is 0 Å². The molecule has 0 spiro atoms. The number of rotatable bonds is 7. The average molecular weight is 576 g/mol. The highest BCUT2D eigenvalue weighted by atomic mass is 35.5. The van der Waals surface area contributed by atoms with Crippen molar-refractivity contribution >= 4 is 59.0 Å². The quantitative estimate of drug-likeness (QED) is 0.302. The van der Waals surface area contributed by atoms with Crippen LogP contribution in [-0.2, 0) is 4.79 Å². The number of H-pyrrole nitrogens is 1. The number of carbonyl (C=O) groups is 1. The van der Waals surface area contributed by atoms with Crippen LogP contribution in [0.3, 0.4) is 0 Å². The van der Waals surface area contributed by atoms with Gasteiger partial charge in [0, 0.05) is 55.5 Å². The maximum absolute atomic E-state index is 13.7. The number of carbonyl (C=O) groups excluding carboxylic acids is 1. The van der Waals surface area contributed by atoms with Gasteiger partial charge in [-0.25, -0.2) is 4.98 Å². The van der Waals surface area contributed by atoms with Crippen molar-refractivity contribution in [1.29, 1.82) is 0 Å². The molecule has 1 fully saturated rings. The summed E-state index contributed by atoms with van der Waals surface area (Å²) in [7, 11) is 0. The second-order valence-electron chi connectivity index (χ2n) is 9.50. The summed E-state index contributed by atoms with van der Waals surface area (Å²) >= 11 is 6.11. The lowest BCUT2D eigenvalue weighted by atomic mass is 9.96. The topological polar surface area (TPSA) is 77.2 Å². The first-order chi connectivity index (χ1) is 17.5. The van der Waals surface area contributed by atoms with Crippen LogP contribution in [0.5, 0.6) is 0 Å². The molecule has 2 aromatic heterocycles. The highest BCUT2D eigenvalue weighted by Crippen LogP contribution is 2.36. The lowest BCUT2D eigenvalue weighted by Crippen LogP contribution is -2.51. The van der Waals surface area contributed by atoms with Crippen LogP contribution < -0.4 is 10.2 Å². The third-order valence-corrected chi connectivity index (χ3v) is 7.00. The fourth-order valence-corrected chi connectivity index (χ4v) is 4.95. The second-order valence-corrected chi connectivity index (χ2v) is 9.93. The van der Waals surface area contributed by atoms with Crippen molar-refractivity contribution in [3.05, 3.63) is 77.6 Å². The van der Waals surface area contributed by atoms with Crippen molar-refractivity contribution < 1.29 is 4.79 Å². The molecule has 1 unspecified atom stereocenters. The number of aromatic amines is 1. The van der Waals surface area contributed by atoms with Crippen molar-refractivity contribution in [2.24, 2.45) is 0 Å². The summed E-state index contributed by atoms with van der Waals surface area (Å²) in [6, 6.07) is 18.2. The summed E-state index contributed by atoms with van der Waals surface area (Å²) in [5.41, 5.74) is 5.06. The number of benzene rings is 2. The van der Waals surface area contributed by atoms with Gasteiger partial charge in [0.2, 0.25) is 5.91 Å². The molecule has 7 nitrogen and oxygen atoms in total. The van der Waals surface area contributed by atoms with Gasteiger partial charge in [0.25, 0.3) is 0 Å². The average Bonchev–Trinajstić information content (AvgIpc) is 3.38. The molecule has 1 aliphatic rings. The van der Waals surface area contributed by atoms with E-state index in [0.29, 0.717) is 30.7 Å². The van der Waals surface area contributed by atoms with Crippen LogP contribution in [0.15, 0.2) is 67.0 Å². The Kier molecular flexibility index (Phi) is 10.4. The summed E-state index contributed by atoms with van der Waals surface area (Å²) in [6.45, 7) is 7.56. The normalized spacial score (nSPS) is 14.2. The molecule has 4 aromatic rings. The molecule has 0 aliphatic carbocycles. The number of anilines is 1. The zero-order valence-corrected chi connectivity index (χ0v) is 23.8. The zero-order chi connectivity index (χ0) is 25.1. The first-order valence-corrected chi connectivity index (χ1v) is 12.8. The van der Waals surface area contributed by atoms with Gasteiger partial charge in [-0.3, -0.25) is 9.89 Å². The molecular weight excluding hydrogens is 543 g/mol. The molecule has 202 valence electrons. The molecule has 10 heteroatoms. The zero-order valence-electron chi connectivity index (χ0n) is 21.4. The fourth-order valence-electron chi connectivity index (χ4n) is 4.82. The summed E-state index contributed by atoms with van der Waals surface area (Å²) in [5.74, 6) is -0.103. The number of nitrogens with one attached hydrogen (secondary N) is 2. The van der Waals surface area contributed by atoms with E-state index >= 15 is 0 Å². The Bertz CT molecular complexity index is 1320. The number of hydrogen-bond acceptors (Lipinski definition) is 5. The van der Waals surface area contributed by atoms with E-state index in [-0.39, 0.29) is 36.6 Å². The van der Waals surface area contributed by atoms with Crippen molar-refractivity contribution in [2.75, 3.05) is 37.6 Å². The minimum Gasteiger partial charge on any atom is -0.367 e. The number of nitrogens with zero attached hydrogens (tertiary/aromatic N) is 4. The molecule has 38 heavy (non-hydrogen) atoms. The minimum absolute atomic E-state index is 0. The van der Waals surface area contributed by atoms with E-state index in [2.05, 4.69) is 51.4 Å². The summed E-state index contributed by atoms with van der Waals surface area (Å²) in [6.07, 6.45) is 3.76. The van der Waals surface area contributed by atoms with Gasteiger partial charge in [0.05, 0.1) is 23.2 Å². The van der Waals surface area contributed by atoms with E-state index in [4.69, 9.17) is 11.6 Å². The molecule has 5 rings (SSSR count). The van der Waals surface area contributed by atoms with Crippen molar-refractivity contribution in [2.45, 2.75) is 25.8 Å². The van der Waals surface area contributed by atoms with Crippen molar-refractivity contribution in [3.8, 4) is 11.1 Å². The fraction of sp³-hybridized carbons (Fsp3) is 0.321. The molecule has 1 saturated heterocycles. The number of aromatic nitrogens is 3. The number of piperazine rings is 1. The molecule has 0 saturated carbocycles. The molecule has 0 bridgehead atoms. The number of amides is 1. The maximum Gasteiger partial charge on any atom is 0.231 e. The molecular formula is C28H33Cl3N6O. The van der Waals surface area contributed by atoms with Crippen LogP contribution in [0.2, 0.25) is 5.02 Å². The number of pyridine rings is 1. The highest BCUT2D eigenvalue weighted by molar-refractivity contribution is 6.30. The Morgan fingerprint density at radius 3 is 2.34 bits per heavy atom. The SMILES string of the molecule is CC(C)NCC(C(=O)N1CCN(c2c(-c3ccccc3)cnc3[nH]ncc23)CC1)c1ccc(Cl)cc1.Cl.Cl. The Morgan fingerprint density at radius 2 is 1.68 bits per heavy atom. The smallest absolute Gasteiger partial charge is 0.231 e. The van der Waals surface area contributed by atoms with Gasteiger partial charge < -0.3 is 15.1 Å². The van der Waals surface area contributed by atoms with E-state index in [0.717, 1.165) is 46.5 Å². The third kappa shape index (κ3) is 6.41. The van der Waals surface area contributed by atoms with Gasteiger partial charge >= 0.3 is 0 Å². The molecule has 2 N–H and O–H groups in total. The van der Waals surface area contributed by atoms with E-state index in [1.165, 1.54) is 0 Å². The monoisotopic (exact) mass is 574 g/mol. The Labute approximate surface area is 240 Å². The summed E-state index contributed by atoms with van der Waals surface area (Å²) < 4.78 is 0. The largest absolute Gasteiger partial charge is 0.367 e. The van der Waals surface area contributed by atoms with Crippen LogP contribution >= 0.6 is 36.4 Å². The molecule has 0 radical (unpaired) electrons. The number of fused-ring (bicyclic) bond motifs is 1. The van der Waals surface area contributed by atoms with Gasteiger partial charge in [-0.1, -0.05) is 67.9 Å². The minimum atomic E-state index is -0.252. The first-order valence-electron chi connectivity index (χ1n) is 12.4. The summed E-state index contributed by atoms with van der Waals surface area (Å²) in [4.78, 5) is 22.6. The van der Waals surface area contributed by atoms with E-state index < -0.39 is 0 Å². The standard InChI is InChI=1S/C28H31ClN6O.2ClH/c1-19(2)30-17-24(21-8-10-22(29)11-9-21)28(36)35-14-12-34(13-15-35)26-23(20-6-4-3-5-7-20)16-31-27-25(26)18-32-33-27;;/h3-11,16,18-19,24,30H,12-15,17H2,1-2H3,(H,31,32,33);2*1H. The Balaban J connectivity index is 0.00000200. The van der Waals surface area contributed by atoms with Crippen LogP contribution in [0.4, 0.5) is 5.69 Å². The number of hydrogen-bond donors (Lipinski definition) is 2. The number of halogens is 3. The van der Waals surface area contributed by atoms with Crippen molar-refractivity contribution in [1.82, 2.24) is 25.4 Å². The van der Waals surface area contributed by atoms with Crippen LogP contribution in [0.1, 0.15) is 25.3 Å². The highest BCUT2D eigenvalue weighted by Gasteiger charge is 2.30. The lowest BCUT2D eigenvalue weighted by molar-refractivity contribution is -0.133. The van der Waals surface area contributed by atoms with Gasteiger partial charge in [-0.15, -0.1) is 24.8 Å². The van der Waals surface area contributed by atoms with Crippen molar-refractivity contribution in [3.63, 3.8) is 0 Å². The maximum atomic E-state index is 13.7. The van der Waals surface area contributed by atoms with Gasteiger partial charge in [-0.2, -0.15) is 5.10 Å². The molecule has 1 amide bonds. The Morgan fingerprint density at radius 1 is 1.00 bits per heavy atom. The molecule has 1 atom stereocenters. The first kappa shape index (κ1) is 29.7. The van der Waals surface area contributed by atoms with Gasteiger partial charge in [0.15, 0.2) is 5.65 Å². The van der Waals surface area contributed by atoms with E-state index in [1.807, 2.05) is 59.8 Å².